The van der Waals surface area contributed by atoms with Crippen LogP contribution in [0, 0.1) is 0 Å². The van der Waals surface area contributed by atoms with E-state index in [1.807, 2.05) is 109 Å². The Bertz CT molecular complexity index is 1780. The Morgan fingerprint density at radius 3 is 2.15 bits per heavy atom. The second-order valence-corrected chi connectivity index (χ2v) is 11.7. The number of ether oxygens (including phenoxy) is 2. The Kier molecular flexibility index (Phi) is 9.77. The highest BCUT2D eigenvalue weighted by Gasteiger charge is 2.53. The quantitative estimate of drug-likeness (QED) is 0.139. The number of aliphatic hydroxyl groups is 1. The van der Waals surface area contributed by atoms with Crippen LogP contribution in [0.3, 0.4) is 0 Å². The molecule has 1 amide bonds. The molecule has 0 fully saturated rings. The molecule has 7 heteroatoms. The summed E-state index contributed by atoms with van der Waals surface area (Å²) in [4.78, 5) is 19.6. The molecule has 0 spiro atoms. The highest BCUT2D eigenvalue weighted by molar-refractivity contribution is 6.30. The van der Waals surface area contributed by atoms with E-state index >= 15 is 0 Å². The van der Waals surface area contributed by atoms with Gasteiger partial charge < -0.3 is 19.9 Å². The first-order valence-corrected chi connectivity index (χ1v) is 15.7. The first-order valence-electron chi connectivity index (χ1n) is 15.4. The summed E-state index contributed by atoms with van der Waals surface area (Å²) in [5.74, 6) is 0.818. The maximum Gasteiger partial charge on any atom is 0.252 e. The molecule has 6 rings (SSSR count). The van der Waals surface area contributed by atoms with Crippen LogP contribution in [0.15, 0.2) is 138 Å². The van der Waals surface area contributed by atoms with Crippen LogP contribution in [0.5, 0.6) is 5.75 Å². The zero-order valence-corrected chi connectivity index (χ0v) is 26.1. The molecule has 232 valence electrons. The van der Waals surface area contributed by atoms with Crippen LogP contribution in [0.4, 0.5) is 0 Å². The summed E-state index contributed by atoms with van der Waals surface area (Å²) in [6.45, 7) is 0.779. The molecule has 0 bridgehead atoms. The van der Waals surface area contributed by atoms with E-state index in [0.29, 0.717) is 42.7 Å². The van der Waals surface area contributed by atoms with Crippen molar-refractivity contribution in [3.05, 3.63) is 161 Å². The monoisotopic (exact) mass is 630 g/mol. The molecule has 1 aliphatic rings. The summed E-state index contributed by atoms with van der Waals surface area (Å²) in [7, 11) is 0. The minimum Gasteiger partial charge on any atom is -0.494 e. The van der Waals surface area contributed by atoms with E-state index in [0.717, 1.165) is 33.4 Å². The predicted octanol–water partition coefficient (Wildman–Crippen LogP) is 7.58. The highest BCUT2D eigenvalue weighted by Crippen LogP contribution is 2.43. The van der Waals surface area contributed by atoms with Crippen molar-refractivity contribution >= 4 is 23.4 Å². The molecule has 2 N–H and O–H groups in total. The largest absolute Gasteiger partial charge is 0.494 e. The van der Waals surface area contributed by atoms with Crippen molar-refractivity contribution < 1.29 is 19.4 Å². The number of benzene rings is 5. The lowest BCUT2D eigenvalue weighted by Gasteiger charge is -2.31. The van der Waals surface area contributed by atoms with Gasteiger partial charge in [-0.05, 0) is 64.2 Å². The van der Waals surface area contributed by atoms with Gasteiger partial charge >= 0.3 is 0 Å². The van der Waals surface area contributed by atoms with Gasteiger partial charge in [0.25, 0.3) is 5.91 Å². The molecule has 0 radical (unpaired) electrons. The first kappa shape index (κ1) is 31.1. The Labute approximate surface area is 274 Å². The summed E-state index contributed by atoms with van der Waals surface area (Å²) >= 11 is 6.24. The van der Waals surface area contributed by atoms with Crippen LogP contribution >= 0.6 is 11.6 Å². The number of aliphatic hydroxyl groups excluding tert-OH is 1. The number of hydrogen-bond donors (Lipinski definition) is 2. The second kappa shape index (κ2) is 14.5. The molecule has 0 unspecified atom stereocenters. The SMILES string of the molecule is O=C(NCc1cccc(Cl)c1)[C@]1(Cc2ccccc2)N=C(c2ccc(OCCCO)cc2)O[C@@H]1c1ccc(-c2ccccc2)cc1. The molecule has 0 saturated heterocycles. The molecule has 5 aromatic rings. The number of carbonyl (C=O) groups is 1. The fourth-order valence-corrected chi connectivity index (χ4v) is 5.87. The van der Waals surface area contributed by atoms with E-state index in [9.17, 15) is 4.79 Å². The van der Waals surface area contributed by atoms with Crippen molar-refractivity contribution in [2.75, 3.05) is 13.2 Å². The lowest BCUT2D eigenvalue weighted by atomic mass is 9.81. The molecule has 6 nitrogen and oxygen atoms in total. The summed E-state index contributed by atoms with van der Waals surface area (Å²) in [6, 6.07) is 43.1. The van der Waals surface area contributed by atoms with E-state index in [-0.39, 0.29) is 12.5 Å². The Hall–Kier alpha value is -4.91. The lowest BCUT2D eigenvalue weighted by molar-refractivity contribution is -0.129. The van der Waals surface area contributed by atoms with Crippen LogP contribution < -0.4 is 10.1 Å². The third kappa shape index (κ3) is 7.15. The number of hydrogen-bond acceptors (Lipinski definition) is 5. The maximum absolute atomic E-state index is 14.5. The van der Waals surface area contributed by atoms with Crippen molar-refractivity contribution in [3.63, 3.8) is 0 Å². The molecule has 0 aromatic heterocycles. The Morgan fingerprint density at radius 1 is 0.804 bits per heavy atom. The molecule has 2 atom stereocenters. The number of aliphatic imine (C=N–C) groups is 1. The van der Waals surface area contributed by atoms with Gasteiger partial charge in [-0.25, -0.2) is 4.99 Å². The van der Waals surface area contributed by atoms with Crippen LogP contribution in [0.1, 0.15) is 34.8 Å². The maximum atomic E-state index is 14.5. The molecular formula is C39H35ClN2O4. The Morgan fingerprint density at radius 2 is 1.46 bits per heavy atom. The summed E-state index contributed by atoms with van der Waals surface area (Å²) < 4.78 is 12.4. The van der Waals surface area contributed by atoms with Crippen molar-refractivity contribution in [1.29, 1.82) is 0 Å². The van der Waals surface area contributed by atoms with Crippen LogP contribution in [-0.2, 0) is 22.5 Å². The molecule has 1 heterocycles. The van der Waals surface area contributed by atoms with Crippen molar-refractivity contribution in [2.24, 2.45) is 4.99 Å². The summed E-state index contributed by atoms with van der Waals surface area (Å²) in [5, 5.41) is 12.8. The molecule has 5 aromatic carbocycles. The first-order chi connectivity index (χ1) is 22.5. The van der Waals surface area contributed by atoms with Crippen LogP contribution in [0.25, 0.3) is 11.1 Å². The van der Waals surface area contributed by atoms with E-state index < -0.39 is 11.6 Å². The van der Waals surface area contributed by atoms with Gasteiger partial charge in [0.05, 0.1) is 6.61 Å². The zero-order chi connectivity index (χ0) is 31.8. The van der Waals surface area contributed by atoms with Crippen molar-refractivity contribution in [3.8, 4) is 16.9 Å². The Balaban J connectivity index is 1.39. The molecule has 0 aliphatic carbocycles. The van der Waals surface area contributed by atoms with Crippen LogP contribution in [0.2, 0.25) is 5.02 Å². The topological polar surface area (TPSA) is 80.2 Å². The minimum absolute atomic E-state index is 0.0688. The standard InChI is InChI=1S/C39H35ClN2O4/c40-34-14-7-11-29(25-34)27-41-38(44)39(26-28-9-3-1-4-10-28)36(32-17-15-31(16-18-32)30-12-5-2-6-13-30)46-37(42-39)33-19-21-35(22-20-33)45-24-8-23-43/h1-7,9-22,25,36,43H,8,23-24,26-27H2,(H,41,44)/t36-,39-/m1/s1. The normalized spacial score (nSPS) is 17.2. The average Bonchev–Trinajstić information content (AvgIpc) is 3.49. The molecule has 1 aliphatic heterocycles. The second-order valence-electron chi connectivity index (χ2n) is 11.3. The number of rotatable bonds is 12. The van der Waals surface area contributed by atoms with Gasteiger partial charge in [0.15, 0.2) is 11.6 Å². The molecular weight excluding hydrogens is 596 g/mol. The smallest absolute Gasteiger partial charge is 0.252 e. The van der Waals surface area contributed by atoms with Gasteiger partial charge in [0, 0.05) is 36.6 Å². The van der Waals surface area contributed by atoms with Crippen LogP contribution in [-0.4, -0.2) is 35.7 Å². The number of nitrogens with zero attached hydrogens (tertiary/aromatic N) is 1. The number of halogens is 1. The van der Waals surface area contributed by atoms with Gasteiger partial charge in [-0.3, -0.25) is 4.79 Å². The number of carbonyl (C=O) groups excluding carboxylic acids is 1. The van der Waals surface area contributed by atoms with Gasteiger partial charge in [0.2, 0.25) is 5.90 Å². The van der Waals surface area contributed by atoms with Gasteiger partial charge in [-0.2, -0.15) is 0 Å². The van der Waals surface area contributed by atoms with Gasteiger partial charge in [-0.15, -0.1) is 0 Å². The van der Waals surface area contributed by atoms with E-state index in [1.165, 1.54) is 0 Å². The van der Waals surface area contributed by atoms with Gasteiger partial charge in [-0.1, -0.05) is 109 Å². The molecule has 0 saturated carbocycles. The molecule has 46 heavy (non-hydrogen) atoms. The highest BCUT2D eigenvalue weighted by atomic mass is 35.5. The summed E-state index contributed by atoms with van der Waals surface area (Å²) in [5.41, 5.74) is 4.30. The third-order valence-corrected chi connectivity index (χ3v) is 8.24. The fourth-order valence-electron chi connectivity index (χ4n) is 5.65. The fraction of sp³-hybridized carbons (Fsp3) is 0.179. The third-order valence-electron chi connectivity index (χ3n) is 8.01. The lowest BCUT2D eigenvalue weighted by Crippen LogP contribution is -2.49. The van der Waals surface area contributed by atoms with E-state index in [4.69, 9.17) is 31.2 Å². The van der Waals surface area contributed by atoms with Crippen molar-refractivity contribution in [1.82, 2.24) is 5.32 Å². The van der Waals surface area contributed by atoms with E-state index in [1.54, 1.807) is 0 Å². The predicted molar refractivity (Wildman–Crippen MR) is 182 cm³/mol. The summed E-state index contributed by atoms with van der Waals surface area (Å²) in [6.07, 6.45) is 0.174. The van der Waals surface area contributed by atoms with Crippen molar-refractivity contribution in [2.45, 2.75) is 31.0 Å². The average molecular weight is 631 g/mol. The minimum atomic E-state index is -1.31. The number of nitrogens with one attached hydrogen (secondary N) is 1. The van der Waals surface area contributed by atoms with Gasteiger partial charge in [0.1, 0.15) is 5.75 Å². The van der Waals surface area contributed by atoms with E-state index in [2.05, 4.69) is 29.6 Å². The zero-order valence-electron chi connectivity index (χ0n) is 25.3. The number of amides is 1.